The molecule has 15 heavy (non-hydrogen) atoms. The third-order valence-corrected chi connectivity index (χ3v) is 2.02. The Balaban J connectivity index is 3.13. The molecule has 0 spiro atoms. The van der Waals surface area contributed by atoms with Crippen LogP contribution in [0.15, 0.2) is 12.8 Å². The van der Waals surface area contributed by atoms with Gasteiger partial charge in [-0.1, -0.05) is 6.58 Å². The molecule has 0 N–H and O–H groups in total. The Morgan fingerprint density at radius 1 is 1.67 bits per heavy atom. The minimum Gasteiger partial charge on any atom is -0.274 e. The van der Waals surface area contributed by atoms with Crippen LogP contribution in [0, 0.1) is 0 Å². The number of carbonyl (C=O) groups excluding carboxylic acids is 1. The van der Waals surface area contributed by atoms with Gasteiger partial charge in [-0.05, 0) is 12.5 Å². The molecule has 1 rings (SSSR count). The number of allylic oxidation sites excluding steroid dienone is 1. The van der Waals surface area contributed by atoms with Crippen LogP contribution in [0.1, 0.15) is 23.0 Å². The second kappa shape index (κ2) is 4.27. The van der Waals surface area contributed by atoms with Gasteiger partial charge in [0, 0.05) is 20.3 Å². The Hall–Kier alpha value is -1.62. The van der Waals surface area contributed by atoms with E-state index in [2.05, 4.69) is 11.7 Å². The molecule has 0 saturated heterocycles. The van der Waals surface area contributed by atoms with E-state index in [1.807, 2.05) is 6.92 Å². The van der Waals surface area contributed by atoms with Gasteiger partial charge in [0.2, 0.25) is 0 Å². The third-order valence-electron chi connectivity index (χ3n) is 2.02. The molecule has 0 atom stereocenters. The number of amides is 1. The zero-order chi connectivity index (χ0) is 11.6. The predicted molar refractivity (Wildman–Crippen MR) is 57.0 cm³/mol. The van der Waals surface area contributed by atoms with Crippen LogP contribution < -0.4 is 0 Å². The van der Waals surface area contributed by atoms with E-state index in [-0.39, 0.29) is 5.91 Å². The number of aryl methyl sites for hydroxylation is 1. The number of nitrogens with zero attached hydrogens (tertiary/aromatic N) is 3. The first kappa shape index (κ1) is 11.5. The van der Waals surface area contributed by atoms with Gasteiger partial charge in [-0.3, -0.25) is 14.3 Å². The van der Waals surface area contributed by atoms with Crippen molar-refractivity contribution in [1.29, 1.82) is 0 Å². The molecule has 1 amide bonds. The summed E-state index contributed by atoms with van der Waals surface area (Å²) in [5.41, 5.74) is 1.85. The van der Waals surface area contributed by atoms with E-state index in [0.29, 0.717) is 11.3 Å². The zero-order valence-electron chi connectivity index (χ0n) is 9.44. The van der Waals surface area contributed by atoms with Crippen molar-refractivity contribution in [2.45, 2.75) is 6.92 Å². The third kappa shape index (κ3) is 2.24. The average molecular weight is 209 g/mol. The van der Waals surface area contributed by atoms with Gasteiger partial charge >= 0.3 is 0 Å². The molecule has 0 aliphatic heterocycles. The molecule has 0 fully saturated rings. The molecule has 5 nitrogen and oxygen atoms in total. The van der Waals surface area contributed by atoms with Crippen LogP contribution in [0.4, 0.5) is 0 Å². The van der Waals surface area contributed by atoms with E-state index in [1.54, 1.807) is 25.0 Å². The lowest BCUT2D eigenvalue weighted by Crippen LogP contribution is -2.25. The summed E-state index contributed by atoms with van der Waals surface area (Å²) in [5.74, 6) is -0.233. The van der Waals surface area contributed by atoms with E-state index in [1.165, 1.54) is 7.11 Å². The van der Waals surface area contributed by atoms with Crippen molar-refractivity contribution in [3.63, 3.8) is 0 Å². The largest absolute Gasteiger partial charge is 0.280 e. The van der Waals surface area contributed by atoms with Gasteiger partial charge in [-0.2, -0.15) is 5.10 Å². The molecule has 0 saturated carbocycles. The number of hydroxylamine groups is 2. The first-order chi connectivity index (χ1) is 6.97. The highest BCUT2D eigenvalue weighted by Crippen LogP contribution is 2.16. The lowest BCUT2D eigenvalue weighted by atomic mass is 10.1. The molecular weight excluding hydrogens is 194 g/mol. The van der Waals surface area contributed by atoms with Crippen LogP contribution in [0.3, 0.4) is 0 Å². The summed E-state index contributed by atoms with van der Waals surface area (Å²) in [6.45, 7) is 5.59. The standard InChI is InChI=1S/C10H15N3O2/c1-7(2)9-8(6-12(3)11-9)10(14)13(4)15-5/h6H,1H2,2-5H3. The summed E-state index contributed by atoms with van der Waals surface area (Å²) >= 11 is 0. The summed E-state index contributed by atoms with van der Waals surface area (Å²) in [7, 11) is 4.75. The normalized spacial score (nSPS) is 10.1. The summed E-state index contributed by atoms with van der Waals surface area (Å²) in [4.78, 5) is 16.6. The van der Waals surface area contributed by atoms with E-state index in [4.69, 9.17) is 4.84 Å². The van der Waals surface area contributed by atoms with Gasteiger partial charge in [0.1, 0.15) is 5.69 Å². The van der Waals surface area contributed by atoms with Crippen LogP contribution in [0.2, 0.25) is 0 Å². The molecule has 82 valence electrons. The molecule has 0 bridgehead atoms. The molecule has 0 aromatic carbocycles. The minimum atomic E-state index is -0.233. The van der Waals surface area contributed by atoms with Crippen LogP contribution in [0.25, 0.3) is 5.57 Å². The SMILES string of the molecule is C=C(C)c1nn(C)cc1C(=O)N(C)OC. The summed E-state index contributed by atoms with van der Waals surface area (Å²) in [5, 5.41) is 5.32. The van der Waals surface area contributed by atoms with Crippen molar-refractivity contribution in [3.05, 3.63) is 24.0 Å². The fourth-order valence-corrected chi connectivity index (χ4v) is 1.21. The highest BCUT2D eigenvalue weighted by Gasteiger charge is 2.19. The molecule has 0 aliphatic rings. The maximum absolute atomic E-state index is 11.8. The number of carbonyl (C=O) groups is 1. The minimum absolute atomic E-state index is 0.233. The summed E-state index contributed by atoms with van der Waals surface area (Å²) in [6.07, 6.45) is 1.65. The van der Waals surface area contributed by atoms with Gasteiger partial charge in [-0.15, -0.1) is 0 Å². The molecule has 0 radical (unpaired) electrons. The Bertz CT molecular complexity index is 395. The Kier molecular flexibility index (Phi) is 3.26. The van der Waals surface area contributed by atoms with Crippen molar-refractivity contribution in [1.82, 2.24) is 14.8 Å². The van der Waals surface area contributed by atoms with E-state index >= 15 is 0 Å². The van der Waals surface area contributed by atoms with Crippen molar-refractivity contribution in [2.75, 3.05) is 14.2 Å². The lowest BCUT2D eigenvalue weighted by molar-refractivity contribution is -0.0757. The highest BCUT2D eigenvalue weighted by molar-refractivity contribution is 5.97. The number of rotatable bonds is 3. The average Bonchev–Trinajstić information content (AvgIpc) is 2.58. The smallest absolute Gasteiger partial charge is 0.274 e. The fourth-order valence-electron chi connectivity index (χ4n) is 1.21. The lowest BCUT2D eigenvalue weighted by Gasteiger charge is -2.12. The van der Waals surface area contributed by atoms with Crippen LogP contribution >= 0.6 is 0 Å². The number of aromatic nitrogens is 2. The fraction of sp³-hybridized carbons (Fsp3) is 0.400. The van der Waals surface area contributed by atoms with Gasteiger partial charge in [0.15, 0.2) is 0 Å². The monoisotopic (exact) mass is 209 g/mol. The molecule has 1 aromatic rings. The Labute approximate surface area is 88.9 Å². The van der Waals surface area contributed by atoms with Gasteiger partial charge < -0.3 is 0 Å². The van der Waals surface area contributed by atoms with Crippen molar-refractivity contribution < 1.29 is 9.63 Å². The summed E-state index contributed by atoms with van der Waals surface area (Å²) < 4.78 is 1.58. The van der Waals surface area contributed by atoms with Gasteiger partial charge in [0.25, 0.3) is 5.91 Å². The molecule has 5 heteroatoms. The second-order valence-corrected chi connectivity index (χ2v) is 3.33. The van der Waals surface area contributed by atoms with E-state index < -0.39 is 0 Å². The first-order valence-corrected chi connectivity index (χ1v) is 4.49. The Morgan fingerprint density at radius 2 is 2.27 bits per heavy atom. The Morgan fingerprint density at radius 3 is 2.73 bits per heavy atom. The van der Waals surface area contributed by atoms with Crippen LogP contribution in [0.5, 0.6) is 0 Å². The first-order valence-electron chi connectivity index (χ1n) is 4.49. The maximum Gasteiger partial charge on any atom is 0.280 e. The van der Waals surface area contributed by atoms with Crippen molar-refractivity contribution in [3.8, 4) is 0 Å². The van der Waals surface area contributed by atoms with Crippen molar-refractivity contribution in [2.24, 2.45) is 7.05 Å². The predicted octanol–water partition coefficient (Wildman–Crippen LogP) is 1.09. The molecule has 0 aliphatic carbocycles. The number of hydrogen-bond donors (Lipinski definition) is 0. The molecule has 1 heterocycles. The molecule has 0 unspecified atom stereocenters. The van der Waals surface area contributed by atoms with Gasteiger partial charge in [0.05, 0.1) is 12.7 Å². The highest BCUT2D eigenvalue weighted by atomic mass is 16.7. The van der Waals surface area contributed by atoms with Crippen LogP contribution in [-0.4, -0.2) is 34.9 Å². The van der Waals surface area contributed by atoms with Gasteiger partial charge in [-0.25, -0.2) is 5.06 Å². The van der Waals surface area contributed by atoms with Crippen LogP contribution in [-0.2, 0) is 11.9 Å². The zero-order valence-corrected chi connectivity index (χ0v) is 9.44. The van der Waals surface area contributed by atoms with E-state index in [0.717, 1.165) is 10.6 Å². The maximum atomic E-state index is 11.8. The van der Waals surface area contributed by atoms with Crippen molar-refractivity contribution >= 4 is 11.5 Å². The number of hydrogen-bond acceptors (Lipinski definition) is 3. The quantitative estimate of drug-likeness (QED) is 0.700. The van der Waals surface area contributed by atoms with E-state index in [9.17, 15) is 4.79 Å². The summed E-state index contributed by atoms with van der Waals surface area (Å²) in [6, 6.07) is 0. The second-order valence-electron chi connectivity index (χ2n) is 3.33. The molecule has 1 aromatic heterocycles. The molecular formula is C10H15N3O2. The topological polar surface area (TPSA) is 47.4 Å².